The molecular formula is C25H22ClN3O3S. The van der Waals surface area contributed by atoms with E-state index in [1.54, 1.807) is 23.9 Å². The number of aryl methyl sites for hydroxylation is 2. The first-order valence-corrected chi connectivity index (χ1v) is 12.5. The summed E-state index contributed by atoms with van der Waals surface area (Å²) in [5.74, 6) is 2.04. The van der Waals surface area contributed by atoms with Crippen molar-refractivity contribution in [2.45, 2.75) is 55.7 Å². The zero-order valence-electron chi connectivity index (χ0n) is 17.9. The lowest BCUT2D eigenvalue weighted by molar-refractivity contribution is 0.288. The van der Waals surface area contributed by atoms with Gasteiger partial charge in [-0.1, -0.05) is 35.5 Å². The SMILES string of the molecule is O=c1cc(CSc2nnc(COc3ccccc3Cl)n2C2CC2)c2cc3c(cc2o1)CCC3. The van der Waals surface area contributed by atoms with Crippen molar-refractivity contribution in [3.63, 3.8) is 0 Å². The van der Waals surface area contributed by atoms with E-state index in [1.165, 1.54) is 11.1 Å². The Hall–Kier alpha value is -2.77. The van der Waals surface area contributed by atoms with E-state index in [-0.39, 0.29) is 5.63 Å². The zero-order chi connectivity index (χ0) is 22.4. The van der Waals surface area contributed by atoms with Crippen molar-refractivity contribution >= 4 is 34.3 Å². The molecule has 4 aromatic rings. The van der Waals surface area contributed by atoms with E-state index in [9.17, 15) is 4.79 Å². The molecule has 1 saturated carbocycles. The van der Waals surface area contributed by atoms with E-state index < -0.39 is 0 Å². The second-order valence-electron chi connectivity index (χ2n) is 8.57. The Bertz CT molecular complexity index is 1410. The largest absolute Gasteiger partial charge is 0.484 e. The van der Waals surface area contributed by atoms with Gasteiger partial charge in [-0.15, -0.1) is 10.2 Å². The van der Waals surface area contributed by atoms with Gasteiger partial charge in [-0.2, -0.15) is 0 Å². The number of thioether (sulfide) groups is 1. The van der Waals surface area contributed by atoms with E-state index in [1.807, 2.05) is 24.3 Å². The predicted octanol–water partition coefficient (Wildman–Crippen LogP) is 5.73. The number of hydrogen-bond donors (Lipinski definition) is 0. The summed E-state index contributed by atoms with van der Waals surface area (Å²) in [4.78, 5) is 12.2. The Balaban J connectivity index is 1.26. The summed E-state index contributed by atoms with van der Waals surface area (Å²) in [6.07, 6.45) is 5.51. The van der Waals surface area contributed by atoms with Crippen molar-refractivity contribution in [3.05, 3.63) is 80.4 Å². The molecule has 2 aromatic carbocycles. The maximum atomic E-state index is 12.2. The molecule has 168 valence electrons. The zero-order valence-corrected chi connectivity index (χ0v) is 19.5. The second-order valence-corrected chi connectivity index (χ2v) is 9.92. The summed E-state index contributed by atoms with van der Waals surface area (Å²) < 4.78 is 13.6. The van der Waals surface area contributed by atoms with Crippen LogP contribution in [0.5, 0.6) is 5.75 Å². The standard InChI is InChI=1S/C25H22ClN3O3S/c26-20-6-1-2-7-21(20)31-13-23-27-28-25(29(23)18-8-9-18)33-14-17-12-24(30)32-22-11-16-5-3-4-15(16)10-19(17)22/h1-2,6-7,10-12,18H,3-5,8-9,13-14H2. The van der Waals surface area contributed by atoms with E-state index in [2.05, 4.69) is 20.8 Å². The molecule has 2 aromatic heterocycles. The lowest BCUT2D eigenvalue weighted by atomic mass is 10.0. The van der Waals surface area contributed by atoms with E-state index in [0.29, 0.717) is 34.8 Å². The van der Waals surface area contributed by atoms with Crippen LogP contribution in [0.1, 0.15) is 47.8 Å². The van der Waals surface area contributed by atoms with Crippen LogP contribution in [0.2, 0.25) is 5.02 Å². The molecule has 33 heavy (non-hydrogen) atoms. The Morgan fingerprint density at radius 1 is 1.12 bits per heavy atom. The molecule has 0 spiro atoms. The summed E-state index contributed by atoms with van der Waals surface area (Å²) in [5, 5.41) is 11.3. The average molecular weight is 480 g/mol. The predicted molar refractivity (Wildman–Crippen MR) is 128 cm³/mol. The fraction of sp³-hybridized carbons (Fsp3) is 0.320. The fourth-order valence-electron chi connectivity index (χ4n) is 4.46. The highest BCUT2D eigenvalue weighted by Gasteiger charge is 2.30. The van der Waals surface area contributed by atoms with Gasteiger partial charge in [-0.25, -0.2) is 4.79 Å². The van der Waals surface area contributed by atoms with Crippen LogP contribution in [0.25, 0.3) is 11.0 Å². The molecule has 0 N–H and O–H groups in total. The summed E-state index contributed by atoms with van der Waals surface area (Å²) in [6.45, 7) is 0.303. The van der Waals surface area contributed by atoms with Gasteiger partial charge in [0.2, 0.25) is 0 Å². The van der Waals surface area contributed by atoms with Crippen molar-refractivity contribution in [1.29, 1.82) is 0 Å². The van der Waals surface area contributed by atoms with Crippen LogP contribution in [-0.4, -0.2) is 14.8 Å². The molecule has 1 fully saturated rings. The molecule has 2 aliphatic carbocycles. The van der Waals surface area contributed by atoms with Gasteiger partial charge in [0.15, 0.2) is 11.0 Å². The highest BCUT2D eigenvalue weighted by atomic mass is 35.5. The molecule has 2 heterocycles. The van der Waals surface area contributed by atoms with Gasteiger partial charge < -0.3 is 9.15 Å². The minimum Gasteiger partial charge on any atom is -0.484 e. The molecule has 0 atom stereocenters. The molecule has 0 aliphatic heterocycles. The lowest BCUT2D eigenvalue weighted by Gasteiger charge is -2.11. The Morgan fingerprint density at radius 3 is 2.76 bits per heavy atom. The maximum Gasteiger partial charge on any atom is 0.336 e. The number of halogens is 1. The number of nitrogens with zero attached hydrogens (tertiary/aromatic N) is 3. The number of rotatable bonds is 7. The molecule has 2 aliphatic rings. The van der Waals surface area contributed by atoms with Crippen LogP contribution < -0.4 is 10.4 Å². The Kier molecular flexibility index (Phi) is 5.38. The molecule has 8 heteroatoms. The summed E-state index contributed by atoms with van der Waals surface area (Å²) >= 11 is 7.82. The number of fused-ring (bicyclic) bond motifs is 2. The van der Waals surface area contributed by atoms with E-state index in [4.69, 9.17) is 20.8 Å². The van der Waals surface area contributed by atoms with Crippen LogP contribution in [0.15, 0.2) is 56.8 Å². The third-order valence-corrected chi connectivity index (χ3v) is 7.54. The van der Waals surface area contributed by atoms with Gasteiger partial charge in [0.25, 0.3) is 0 Å². The third kappa shape index (κ3) is 4.15. The summed E-state index contributed by atoms with van der Waals surface area (Å²) in [5.41, 5.74) is 4.00. The molecular weight excluding hydrogens is 458 g/mol. The number of ether oxygens (including phenoxy) is 1. The van der Waals surface area contributed by atoms with Crippen LogP contribution in [0, 0.1) is 0 Å². The van der Waals surface area contributed by atoms with Gasteiger partial charge >= 0.3 is 5.63 Å². The number of hydrogen-bond acceptors (Lipinski definition) is 6. The second kappa shape index (κ2) is 8.54. The van der Waals surface area contributed by atoms with E-state index >= 15 is 0 Å². The van der Waals surface area contributed by atoms with Crippen molar-refractivity contribution in [2.75, 3.05) is 0 Å². The average Bonchev–Trinajstić information content (AvgIpc) is 3.40. The van der Waals surface area contributed by atoms with Gasteiger partial charge in [0, 0.05) is 23.2 Å². The molecule has 0 unspecified atom stereocenters. The van der Waals surface area contributed by atoms with Gasteiger partial charge in [0.05, 0.1) is 5.02 Å². The molecule has 6 rings (SSSR count). The maximum absolute atomic E-state index is 12.2. The van der Waals surface area contributed by atoms with E-state index in [0.717, 1.165) is 54.0 Å². The Labute approximate surface area is 199 Å². The highest BCUT2D eigenvalue weighted by Crippen LogP contribution is 2.40. The van der Waals surface area contributed by atoms with Crippen LogP contribution in [0.3, 0.4) is 0 Å². The first-order chi connectivity index (χ1) is 16.2. The first-order valence-electron chi connectivity index (χ1n) is 11.2. The summed E-state index contributed by atoms with van der Waals surface area (Å²) in [6, 6.07) is 13.7. The fourth-order valence-corrected chi connectivity index (χ4v) is 5.67. The monoisotopic (exact) mass is 479 g/mol. The minimum absolute atomic E-state index is 0.303. The number of benzene rings is 2. The van der Waals surface area contributed by atoms with Gasteiger partial charge in [-0.3, -0.25) is 4.57 Å². The van der Waals surface area contributed by atoms with Crippen molar-refractivity contribution in [3.8, 4) is 5.75 Å². The smallest absolute Gasteiger partial charge is 0.336 e. The van der Waals surface area contributed by atoms with Crippen molar-refractivity contribution in [2.24, 2.45) is 0 Å². The van der Waals surface area contributed by atoms with Crippen molar-refractivity contribution in [1.82, 2.24) is 14.8 Å². The third-order valence-electron chi connectivity index (χ3n) is 6.24. The highest BCUT2D eigenvalue weighted by molar-refractivity contribution is 7.98. The lowest BCUT2D eigenvalue weighted by Crippen LogP contribution is -2.07. The number of aromatic nitrogens is 3. The topological polar surface area (TPSA) is 70.2 Å². The van der Waals surface area contributed by atoms with Crippen LogP contribution in [-0.2, 0) is 25.2 Å². The molecule has 0 saturated heterocycles. The quantitative estimate of drug-likeness (QED) is 0.249. The van der Waals surface area contributed by atoms with Gasteiger partial charge in [-0.05, 0) is 73.1 Å². The van der Waals surface area contributed by atoms with Crippen LogP contribution in [0.4, 0.5) is 0 Å². The van der Waals surface area contributed by atoms with Crippen LogP contribution >= 0.6 is 23.4 Å². The van der Waals surface area contributed by atoms with Crippen molar-refractivity contribution < 1.29 is 9.15 Å². The molecule has 0 radical (unpaired) electrons. The van der Waals surface area contributed by atoms with Gasteiger partial charge in [0.1, 0.15) is 17.9 Å². The number of para-hydroxylation sites is 1. The first kappa shape index (κ1) is 20.8. The normalized spacial score (nSPS) is 15.2. The minimum atomic E-state index is -0.312. The molecule has 0 amide bonds. The molecule has 0 bridgehead atoms. The Morgan fingerprint density at radius 2 is 1.94 bits per heavy atom. The summed E-state index contributed by atoms with van der Waals surface area (Å²) in [7, 11) is 0. The molecule has 6 nitrogen and oxygen atoms in total.